The van der Waals surface area contributed by atoms with E-state index in [0.29, 0.717) is 19.8 Å². The molecule has 5 nitrogen and oxygen atoms in total. The zero-order valence-electron chi connectivity index (χ0n) is 9.40. The van der Waals surface area contributed by atoms with Gasteiger partial charge in [0.15, 0.2) is 0 Å². The molecular weight excluding hydrogens is 217 g/mol. The molecule has 0 aliphatic heterocycles. The van der Waals surface area contributed by atoms with Crippen LogP contribution < -0.4 is 5.73 Å². The maximum Gasteiger partial charge on any atom is 0.356 e. The van der Waals surface area contributed by atoms with E-state index in [1.807, 2.05) is 0 Å². The molecule has 0 amide bonds. The lowest BCUT2D eigenvalue weighted by molar-refractivity contribution is 0.0529. The van der Waals surface area contributed by atoms with Gasteiger partial charge in [0.05, 0.1) is 18.8 Å². The average molecular weight is 237 g/mol. The van der Waals surface area contributed by atoms with E-state index in [4.69, 9.17) is 19.5 Å². The highest BCUT2D eigenvalue weighted by Gasteiger charge is 2.44. The van der Waals surface area contributed by atoms with Gasteiger partial charge in [0.2, 0.25) is 0 Å². The van der Waals surface area contributed by atoms with Crippen LogP contribution in [0.4, 0.5) is 0 Å². The Morgan fingerprint density at radius 1 is 1.27 bits per heavy atom. The van der Waals surface area contributed by atoms with E-state index in [-0.39, 0.29) is 11.9 Å². The van der Waals surface area contributed by atoms with Crippen LogP contribution in [0, 0.1) is 0 Å². The first-order valence-corrected chi connectivity index (χ1v) is 7.05. The molecule has 0 aromatic heterocycles. The predicted octanol–water partition coefficient (Wildman–Crippen LogP) is 1.72. The second kappa shape index (κ2) is 5.41. The fourth-order valence-corrected chi connectivity index (χ4v) is 2.71. The van der Waals surface area contributed by atoms with Gasteiger partial charge in [-0.2, -0.15) is 0 Å². The van der Waals surface area contributed by atoms with Gasteiger partial charge in [0, 0.05) is 6.54 Å². The van der Waals surface area contributed by atoms with Gasteiger partial charge in [0.1, 0.15) is 6.35 Å². The maximum atomic E-state index is 12.0. The maximum absolute atomic E-state index is 12.0. The molecule has 0 atom stereocenters. The van der Waals surface area contributed by atoms with Crippen molar-refractivity contribution in [2.24, 2.45) is 5.73 Å². The molecule has 15 heavy (non-hydrogen) atoms. The largest absolute Gasteiger partial charge is 0.361 e. The Morgan fingerprint density at radius 3 is 2.13 bits per heavy atom. The molecule has 2 N–H and O–H groups in total. The zero-order valence-corrected chi connectivity index (χ0v) is 10.3. The van der Waals surface area contributed by atoms with Crippen LogP contribution in [0.5, 0.6) is 0 Å². The van der Waals surface area contributed by atoms with Crippen molar-refractivity contribution in [3.05, 3.63) is 0 Å². The second-order valence-corrected chi connectivity index (χ2v) is 5.60. The number of hydrogen-bond acceptors (Lipinski definition) is 5. The van der Waals surface area contributed by atoms with E-state index in [1.54, 1.807) is 13.8 Å². The van der Waals surface area contributed by atoms with E-state index in [2.05, 4.69) is 0 Å². The molecule has 0 spiro atoms. The topological polar surface area (TPSA) is 70.8 Å². The Balaban J connectivity index is 2.41. The van der Waals surface area contributed by atoms with E-state index < -0.39 is 7.60 Å². The van der Waals surface area contributed by atoms with Crippen LogP contribution in [0.2, 0.25) is 0 Å². The molecule has 0 radical (unpaired) electrons. The molecule has 0 bridgehead atoms. The van der Waals surface area contributed by atoms with Crippen LogP contribution in [0.3, 0.4) is 0 Å². The van der Waals surface area contributed by atoms with Gasteiger partial charge in [-0.1, -0.05) is 0 Å². The lowest BCUT2D eigenvalue weighted by Gasteiger charge is -2.20. The number of ether oxygens (including phenoxy) is 1. The van der Waals surface area contributed by atoms with Crippen molar-refractivity contribution in [1.29, 1.82) is 0 Å². The quantitative estimate of drug-likeness (QED) is 0.651. The summed E-state index contributed by atoms with van der Waals surface area (Å²) >= 11 is 0. The summed E-state index contributed by atoms with van der Waals surface area (Å²) in [5.74, 6) is 0. The van der Waals surface area contributed by atoms with Gasteiger partial charge in [-0.3, -0.25) is 4.57 Å². The number of hydrogen-bond donors (Lipinski definition) is 1. The van der Waals surface area contributed by atoms with Crippen LogP contribution in [0.25, 0.3) is 0 Å². The van der Waals surface area contributed by atoms with Crippen molar-refractivity contribution in [3.8, 4) is 0 Å². The summed E-state index contributed by atoms with van der Waals surface area (Å²) in [7, 11) is -3.07. The Morgan fingerprint density at radius 2 is 1.80 bits per heavy atom. The van der Waals surface area contributed by atoms with Crippen LogP contribution >= 0.6 is 7.60 Å². The Kier molecular flexibility index (Phi) is 4.74. The van der Waals surface area contributed by atoms with E-state index in [1.165, 1.54) is 0 Å². The summed E-state index contributed by atoms with van der Waals surface area (Å²) < 4.78 is 27.7. The molecule has 1 aliphatic carbocycles. The summed E-state index contributed by atoms with van der Waals surface area (Å²) in [4.78, 5) is 0. The third-order valence-corrected chi connectivity index (χ3v) is 4.11. The molecule has 1 saturated carbocycles. The second-order valence-electron chi connectivity index (χ2n) is 3.61. The first-order valence-electron chi connectivity index (χ1n) is 5.32. The molecule has 90 valence electrons. The van der Waals surface area contributed by atoms with Crippen molar-refractivity contribution in [1.82, 2.24) is 0 Å². The van der Waals surface area contributed by atoms with Crippen molar-refractivity contribution in [2.75, 3.05) is 26.1 Å². The standard InChI is InChI=1S/C9H20NO4P/c1-3-13-15(11,14-4-2)8-12-9(7-10)5-6-9/h3-8,10H2,1-2H3. The molecule has 0 unspecified atom stereocenters. The summed E-state index contributed by atoms with van der Waals surface area (Å²) in [6.45, 7) is 4.74. The summed E-state index contributed by atoms with van der Waals surface area (Å²) in [6.07, 6.45) is 1.87. The van der Waals surface area contributed by atoms with E-state index >= 15 is 0 Å². The van der Waals surface area contributed by atoms with Crippen LogP contribution in [-0.4, -0.2) is 31.7 Å². The van der Waals surface area contributed by atoms with Gasteiger partial charge < -0.3 is 19.5 Å². The van der Waals surface area contributed by atoms with Gasteiger partial charge in [-0.25, -0.2) is 0 Å². The molecule has 1 aliphatic rings. The van der Waals surface area contributed by atoms with Gasteiger partial charge in [-0.15, -0.1) is 0 Å². The summed E-state index contributed by atoms with van der Waals surface area (Å²) in [5.41, 5.74) is 5.29. The molecule has 0 saturated heterocycles. The highest BCUT2D eigenvalue weighted by atomic mass is 31.2. The predicted molar refractivity (Wildman–Crippen MR) is 57.8 cm³/mol. The third kappa shape index (κ3) is 3.85. The van der Waals surface area contributed by atoms with Gasteiger partial charge >= 0.3 is 7.60 Å². The van der Waals surface area contributed by atoms with Gasteiger partial charge in [0.25, 0.3) is 0 Å². The monoisotopic (exact) mass is 237 g/mol. The highest BCUT2D eigenvalue weighted by molar-refractivity contribution is 7.53. The minimum atomic E-state index is -3.07. The van der Waals surface area contributed by atoms with Crippen molar-refractivity contribution in [2.45, 2.75) is 32.3 Å². The fraction of sp³-hybridized carbons (Fsp3) is 1.00. The summed E-state index contributed by atoms with van der Waals surface area (Å²) in [5, 5.41) is 0. The minimum Gasteiger partial charge on any atom is -0.361 e. The first kappa shape index (κ1) is 13.1. The fourth-order valence-electron chi connectivity index (χ4n) is 1.27. The number of nitrogens with two attached hydrogens (primary N) is 1. The third-order valence-electron chi connectivity index (χ3n) is 2.36. The Labute approximate surface area is 90.8 Å². The van der Waals surface area contributed by atoms with Crippen molar-refractivity contribution in [3.63, 3.8) is 0 Å². The summed E-state index contributed by atoms with van der Waals surface area (Å²) in [6, 6.07) is 0. The highest BCUT2D eigenvalue weighted by Crippen LogP contribution is 2.51. The van der Waals surface area contributed by atoms with Crippen molar-refractivity contribution < 1.29 is 18.3 Å². The van der Waals surface area contributed by atoms with Crippen LogP contribution in [0.1, 0.15) is 26.7 Å². The van der Waals surface area contributed by atoms with E-state index in [9.17, 15) is 4.57 Å². The van der Waals surface area contributed by atoms with Crippen molar-refractivity contribution >= 4 is 7.60 Å². The normalized spacial score (nSPS) is 19.1. The van der Waals surface area contributed by atoms with Crippen LogP contribution in [0.15, 0.2) is 0 Å². The first-order chi connectivity index (χ1) is 7.10. The molecule has 0 aromatic rings. The Hall–Kier alpha value is 0.0700. The van der Waals surface area contributed by atoms with Crippen LogP contribution in [-0.2, 0) is 18.3 Å². The lowest BCUT2D eigenvalue weighted by Crippen LogP contribution is -2.26. The molecule has 0 heterocycles. The average Bonchev–Trinajstić information content (AvgIpc) is 2.97. The van der Waals surface area contributed by atoms with E-state index in [0.717, 1.165) is 12.8 Å². The smallest absolute Gasteiger partial charge is 0.356 e. The van der Waals surface area contributed by atoms with Gasteiger partial charge in [-0.05, 0) is 26.7 Å². The minimum absolute atomic E-state index is 0.00583. The zero-order chi connectivity index (χ0) is 11.4. The lowest BCUT2D eigenvalue weighted by atomic mass is 10.3. The molecule has 1 rings (SSSR count). The molecular formula is C9H20NO4P. The Bertz CT molecular complexity index is 232. The SMILES string of the molecule is CCOP(=O)(COC1(CN)CC1)OCC. The molecule has 1 fully saturated rings. The number of rotatable bonds is 8. The molecule has 0 aromatic carbocycles. The molecule has 6 heteroatoms.